The van der Waals surface area contributed by atoms with Gasteiger partial charge in [-0.2, -0.15) is 5.10 Å². The van der Waals surface area contributed by atoms with Crippen LogP contribution in [0.25, 0.3) is 0 Å². The lowest BCUT2D eigenvalue weighted by molar-refractivity contribution is 0.0957. The molecule has 0 aliphatic heterocycles. The van der Waals surface area contributed by atoms with Crippen molar-refractivity contribution in [3.63, 3.8) is 0 Å². The van der Waals surface area contributed by atoms with Gasteiger partial charge in [-0.1, -0.05) is 23.7 Å². The van der Waals surface area contributed by atoms with Gasteiger partial charge in [-0.3, -0.25) is 4.79 Å². The largest absolute Gasteiger partial charge is 0.481 e. The molecular formula is C13H14ClN3O2. The first-order valence-corrected chi connectivity index (χ1v) is 6.10. The zero-order valence-electron chi connectivity index (χ0n) is 10.7. The zero-order chi connectivity index (χ0) is 13.8. The van der Waals surface area contributed by atoms with Crippen LogP contribution in [-0.2, 0) is 6.54 Å². The van der Waals surface area contributed by atoms with Crippen molar-refractivity contribution in [2.45, 2.75) is 6.54 Å². The van der Waals surface area contributed by atoms with Crippen molar-refractivity contribution in [2.75, 3.05) is 14.2 Å². The predicted octanol–water partition coefficient (Wildman–Crippen LogP) is 1.95. The van der Waals surface area contributed by atoms with Gasteiger partial charge in [0.05, 0.1) is 13.7 Å². The summed E-state index contributed by atoms with van der Waals surface area (Å²) in [5, 5.41) is 7.43. The van der Waals surface area contributed by atoms with Gasteiger partial charge >= 0.3 is 0 Å². The SMILES string of the molecule is CNC(=O)c1cc(OC)n(Cc2ccc(Cl)cc2)n1. The minimum absolute atomic E-state index is 0.242. The molecule has 0 aliphatic carbocycles. The minimum Gasteiger partial charge on any atom is -0.481 e. The number of aromatic nitrogens is 2. The Hall–Kier alpha value is -2.01. The number of methoxy groups -OCH3 is 1. The summed E-state index contributed by atoms with van der Waals surface area (Å²) in [6.45, 7) is 0.511. The second-order valence-corrected chi connectivity index (χ2v) is 4.37. The van der Waals surface area contributed by atoms with Crippen molar-refractivity contribution in [1.82, 2.24) is 15.1 Å². The lowest BCUT2D eigenvalue weighted by Crippen LogP contribution is -2.18. The Balaban J connectivity index is 2.26. The summed E-state index contributed by atoms with van der Waals surface area (Å²) in [6, 6.07) is 9.04. The summed E-state index contributed by atoms with van der Waals surface area (Å²) in [5.74, 6) is 0.293. The maximum absolute atomic E-state index is 11.5. The molecule has 1 amide bonds. The molecule has 0 bridgehead atoms. The van der Waals surface area contributed by atoms with Gasteiger partial charge in [0.25, 0.3) is 5.91 Å². The lowest BCUT2D eigenvalue weighted by Gasteiger charge is -2.06. The standard InChI is InChI=1S/C13H14ClN3O2/c1-15-13(18)11-7-12(19-2)17(16-11)8-9-3-5-10(14)6-4-9/h3-7H,8H2,1-2H3,(H,15,18). The van der Waals surface area contributed by atoms with Crippen LogP contribution < -0.4 is 10.1 Å². The Morgan fingerprint density at radius 1 is 1.42 bits per heavy atom. The molecule has 0 saturated heterocycles. The van der Waals surface area contributed by atoms with Crippen LogP contribution in [-0.4, -0.2) is 29.8 Å². The van der Waals surface area contributed by atoms with Gasteiger partial charge in [0.1, 0.15) is 0 Å². The third-order valence-electron chi connectivity index (χ3n) is 2.66. The first kappa shape index (κ1) is 13.4. The molecule has 0 unspecified atom stereocenters. The highest BCUT2D eigenvalue weighted by molar-refractivity contribution is 6.30. The summed E-state index contributed by atoms with van der Waals surface area (Å²) in [7, 11) is 3.11. The van der Waals surface area contributed by atoms with E-state index in [0.717, 1.165) is 5.56 Å². The molecule has 5 nitrogen and oxygen atoms in total. The van der Waals surface area contributed by atoms with E-state index in [-0.39, 0.29) is 5.91 Å². The maximum Gasteiger partial charge on any atom is 0.271 e. The summed E-state index contributed by atoms with van der Waals surface area (Å²) < 4.78 is 6.84. The Bertz CT molecular complexity index is 578. The summed E-state index contributed by atoms with van der Waals surface area (Å²) in [5.41, 5.74) is 1.35. The molecule has 0 atom stereocenters. The van der Waals surface area contributed by atoms with Crippen LogP contribution in [0.5, 0.6) is 5.88 Å². The quantitative estimate of drug-likeness (QED) is 0.931. The first-order valence-electron chi connectivity index (χ1n) is 5.72. The molecule has 1 aromatic heterocycles. The van der Waals surface area contributed by atoms with Gasteiger partial charge in [-0.15, -0.1) is 0 Å². The Morgan fingerprint density at radius 3 is 2.68 bits per heavy atom. The second-order valence-electron chi connectivity index (χ2n) is 3.94. The van der Waals surface area contributed by atoms with Crippen molar-refractivity contribution in [1.29, 1.82) is 0 Å². The van der Waals surface area contributed by atoms with E-state index in [1.165, 1.54) is 0 Å². The number of nitrogens with one attached hydrogen (secondary N) is 1. The zero-order valence-corrected chi connectivity index (χ0v) is 11.4. The fourth-order valence-corrected chi connectivity index (χ4v) is 1.81. The van der Waals surface area contributed by atoms with Crippen molar-refractivity contribution < 1.29 is 9.53 Å². The lowest BCUT2D eigenvalue weighted by atomic mass is 10.2. The summed E-state index contributed by atoms with van der Waals surface area (Å²) in [6.07, 6.45) is 0. The normalized spacial score (nSPS) is 10.3. The Labute approximate surface area is 116 Å². The third kappa shape index (κ3) is 3.06. The second kappa shape index (κ2) is 5.75. The van der Waals surface area contributed by atoms with Crippen molar-refractivity contribution in [3.8, 4) is 5.88 Å². The van der Waals surface area contributed by atoms with Crippen LogP contribution in [0, 0.1) is 0 Å². The minimum atomic E-state index is -0.242. The van der Waals surface area contributed by atoms with Crippen LogP contribution in [0.15, 0.2) is 30.3 Å². The highest BCUT2D eigenvalue weighted by atomic mass is 35.5. The van der Waals surface area contributed by atoms with Crippen LogP contribution in [0.3, 0.4) is 0 Å². The summed E-state index contributed by atoms with van der Waals surface area (Å²) >= 11 is 5.84. The maximum atomic E-state index is 11.5. The highest BCUT2D eigenvalue weighted by Gasteiger charge is 2.13. The summed E-state index contributed by atoms with van der Waals surface area (Å²) in [4.78, 5) is 11.5. The number of carbonyl (C=O) groups is 1. The number of hydrogen-bond acceptors (Lipinski definition) is 3. The fraction of sp³-hybridized carbons (Fsp3) is 0.231. The van der Waals surface area contributed by atoms with Gasteiger partial charge in [-0.05, 0) is 17.7 Å². The van der Waals surface area contributed by atoms with Gasteiger partial charge in [-0.25, -0.2) is 4.68 Å². The molecule has 2 aromatic rings. The molecule has 1 N–H and O–H groups in total. The number of benzene rings is 1. The number of halogens is 1. The smallest absolute Gasteiger partial charge is 0.271 e. The third-order valence-corrected chi connectivity index (χ3v) is 2.91. The van der Waals surface area contributed by atoms with Crippen LogP contribution >= 0.6 is 11.6 Å². The number of carbonyl (C=O) groups excluding carboxylic acids is 1. The van der Waals surface area contributed by atoms with Crippen LogP contribution in [0.1, 0.15) is 16.1 Å². The molecule has 0 fully saturated rings. The van der Waals surface area contributed by atoms with E-state index in [9.17, 15) is 4.79 Å². The number of rotatable bonds is 4. The topological polar surface area (TPSA) is 56.1 Å². The predicted molar refractivity (Wildman–Crippen MR) is 72.7 cm³/mol. The molecule has 1 heterocycles. The van der Waals surface area contributed by atoms with Crippen molar-refractivity contribution in [2.24, 2.45) is 0 Å². The highest BCUT2D eigenvalue weighted by Crippen LogP contribution is 2.16. The van der Waals surface area contributed by atoms with E-state index in [2.05, 4.69) is 10.4 Å². The average molecular weight is 280 g/mol. The molecule has 0 aliphatic rings. The average Bonchev–Trinajstić information content (AvgIpc) is 2.83. The van der Waals surface area contributed by atoms with Crippen LogP contribution in [0.2, 0.25) is 5.02 Å². The number of nitrogens with zero attached hydrogens (tertiary/aromatic N) is 2. The Kier molecular flexibility index (Phi) is 4.06. The van der Waals surface area contributed by atoms with Gasteiger partial charge in [0.15, 0.2) is 5.69 Å². The fourth-order valence-electron chi connectivity index (χ4n) is 1.68. The van der Waals surface area contributed by atoms with E-state index in [1.807, 2.05) is 24.3 Å². The molecular weight excluding hydrogens is 266 g/mol. The van der Waals surface area contributed by atoms with E-state index < -0.39 is 0 Å². The molecule has 19 heavy (non-hydrogen) atoms. The molecule has 0 radical (unpaired) electrons. The van der Waals surface area contributed by atoms with E-state index >= 15 is 0 Å². The number of hydrogen-bond donors (Lipinski definition) is 1. The molecule has 0 spiro atoms. The van der Waals surface area contributed by atoms with Gasteiger partial charge in [0.2, 0.25) is 5.88 Å². The molecule has 2 rings (SSSR count). The monoisotopic (exact) mass is 279 g/mol. The van der Waals surface area contributed by atoms with E-state index in [1.54, 1.807) is 24.9 Å². The van der Waals surface area contributed by atoms with Crippen molar-refractivity contribution in [3.05, 3.63) is 46.6 Å². The van der Waals surface area contributed by atoms with Gasteiger partial charge in [0, 0.05) is 18.1 Å². The first-order chi connectivity index (χ1) is 9.13. The number of ether oxygens (including phenoxy) is 1. The molecule has 1 aromatic carbocycles. The molecule has 6 heteroatoms. The number of amides is 1. The molecule has 0 saturated carbocycles. The Morgan fingerprint density at radius 2 is 2.11 bits per heavy atom. The van der Waals surface area contributed by atoms with E-state index in [0.29, 0.717) is 23.1 Å². The van der Waals surface area contributed by atoms with E-state index in [4.69, 9.17) is 16.3 Å². The van der Waals surface area contributed by atoms with Crippen LogP contribution in [0.4, 0.5) is 0 Å². The molecule has 100 valence electrons. The van der Waals surface area contributed by atoms with Crippen molar-refractivity contribution >= 4 is 17.5 Å². The van der Waals surface area contributed by atoms with Gasteiger partial charge < -0.3 is 10.1 Å².